The predicted molar refractivity (Wildman–Crippen MR) is 112 cm³/mol. The summed E-state index contributed by atoms with van der Waals surface area (Å²) in [5.41, 5.74) is 4.38. The molecule has 0 aliphatic heterocycles. The third-order valence-corrected chi connectivity index (χ3v) is 5.47. The lowest BCUT2D eigenvalue weighted by Gasteiger charge is -2.08. The van der Waals surface area contributed by atoms with E-state index in [0.717, 1.165) is 47.3 Å². The third kappa shape index (κ3) is 3.48. The molecular weight excluding hydrogens is 360 g/mol. The third-order valence-electron chi connectivity index (χ3n) is 4.78. The van der Waals surface area contributed by atoms with Crippen LogP contribution < -0.4 is 0 Å². The Bertz CT molecular complexity index is 951. The second-order valence-electron chi connectivity index (χ2n) is 6.52. The minimum atomic E-state index is 0.802. The number of hydrogen-bond donors (Lipinski definition) is 2. The summed E-state index contributed by atoms with van der Waals surface area (Å²) in [6, 6.07) is 16.4. The van der Waals surface area contributed by atoms with Crippen molar-refractivity contribution < 1.29 is 0 Å². The second kappa shape index (κ2) is 7.76. The molecule has 0 spiro atoms. The van der Waals surface area contributed by atoms with Crippen LogP contribution in [0.15, 0.2) is 58.8 Å². The summed E-state index contributed by atoms with van der Waals surface area (Å²) in [7, 11) is 0. The maximum atomic E-state index is 4.52. The Morgan fingerprint density at radius 1 is 0.615 bits per heavy atom. The molecule has 0 unspecified atom stereocenters. The first-order chi connectivity index (χ1) is 12.7. The molecule has 0 aliphatic rings. The number of benzene rings is 2. The molecule has 134 valence electrons. The lowest BCUT2D eigenvalue weighted by molar-refractivity contribution is 0.523. The Morgan fingerprint density at radius 3 is 1.50 bits per heavy atom. The van der Waals surface area contributed by atoms with E-state index < -0.39 is 0 Å². The summed E-state index contributed by atoms with van der Waals surface area (Å²) in [5, 5.41) is 1.60. The van der Waals surface area contributed by atoms with Gasteiger partial charge in [0.25, 0.3) is 0 Å². The minimum absolute atomic E-state index is 0.802. The Kier molecular flexibility index (Phi) is 5.22. The van der Waals surface area contributed by atoms with E-state index in [2.05, 4.69) is 68.6 Å². The number of para-hydroxylation sites is 4. The SMILES string of the molecule is Sc1nc2ccccc2n1CCCCCCn1c(S)nc2ccccc21. The Hall–Kier alpha value is -1.92. The van der Waals surface area contributed by atoms with Crippen LogP contribution in [-0.2, 0) is 13.1 Å². The normalized spacial score (nSPS) is 11.6. The number of rotatable bonds is 7. The van der Waals surface area contributed by atoms with E-state index in [9.17, 15) is 0 Å². The monoisotopic (exact) mass is 382 g/mol. The molecule has 2 aromatic heterocycles. The van der Waals surface area contributed by atoms with Gasteiger partial charge in [0.15, 0.2) is 10.3 Å². The van der Waals surface area contributed by atoms with Crippen LogP contribution in [-0.4, -0.2) is 19.1 Å². The molecule has 0 saturated heterocycles. The molecule has 6 heteroatoms. The number of unbranched alkanes of at least 4 members (excludes halogenated alkanes) is 3. The van der Waals surface area contributed by atoms with Gasteiger partial charge >= 0.3 is 0 Å². The summed E-state index contributed by atoms with van der Waals surface area (Å²) >= 11 is 9.04. The minimum Gasteiger partial charge on any atom is -0.319 e. The molecule has 2 heterocycles. The fraction of sp³-hybridized carbons (Fsp3) is 0.300. The van der Waals surface area contributed by atoms with Crippen molar-refractivity contribution in [2.45, 2.75) is 49.1 Å². The molecule has 4 rings (SSSR count). The molecule has 0 saturated carbocycles. The van der Waals surface area contributed by atoms with Crippen LogP contribution in [0.25, 0.3) is 22.1 Å². The molecule has 0 fully saturated rings. The number of imidazole rings is 2. The van der Waals surface area contributed by atoms with Gasteiger partial charge in [-0.3, -0.25) is 0 Å². The van der Waals surface area contributed by atoms with Gasteiger partial charge in [-0.2, -0.15) is 0 Å². The average molecular weight is 383 g/mol. The van der Waals surface area contributed by atoms with Crippen LogP contribution in [0.5, 0.6) is 0 Å². The lowest BCUT2D eigenvalue weighted by Crippen LogP contribution is -2.00. The van der Waals surface area contributed by atoms with Gasteiger partial charge in [0, 0.05) is 13.1 Å². The van der Waals surface area contributed by atoms with E-state index in [1.165, 1.54) is 23.9 Å². The van der Waals surface area contributed by atoms with Crippen molar-refractivity contribution in [2.75, 3.05) is 0 Å². The Morgan fingerprint density at radius 2 is 1.04 bits per heavy atom. The van der Waals surface area contributed by atoms with Gasteiger partial charge < -0.3 is 9.13 Å². The molecule has 0 N–H and O–H groups in total. The number of aryl methyl sites for hydroxylation is 2. The quantitative estimate of drug-likeness (QED) is 0.339. The molecule has 4 nitrogen and oxygen atoms in total. The van der Waals surface area contributed by atoms with Gasteiger partial charge in [-0.05, 0) is 37.1 Å². The van der Waals surface area contributed by atoms with E-state index in [4.69, 9.17) is 0 Å². The zero-order valence-corrected chi connectivity index (χ0v) is 16.3. The first-order valence-electron chi connectivity index (χ1n) is 9.02. The van der Waals surface area contributed by atoms with Crippen molar-refractivity contribution in [2.24, 2.45) is 0 Å². The molecule has 2 aromatic carbocycles. The average Bonchev–Trinajstić information content (AvgIpc) is 3.14. The molecule has 0 bridgehead atoms. The first kappa shape index (κ1) is 17.5. The largest absolute Gasteiger partial charge is 0.319 e. The van der Waals surface area contributed by atoms with Gasteiger partial charge in [0.1, 0.15) is 0 Å². The van der Waals surface area contributed by atoms with Gasteiger partial charge in [-0.1, -0.05) is 37.1 Å². The number of nitrogens with zero attached hydrogens (tertiary/aromatic N) is 4. The molecule has 4 aromatic rings. The highest BCUT2D eigenvalue weighted by molar-refractivity contribution is 7.80. The first-order valence-corrected chi connectivity index (χ1v) is 9.92. The van der Waals surface area contributed by atoms with Gasteiger partial charge in [0.2, 0.25) is 0 Å². The maximum absolute atomic E-state index is 4.52. The van der Waals surface area contributed by atoms with Crippen molar-refractivity contribution >= 4 is 47.3 Å². The molecule has 0 radical (unpaired) electrons. The van der Waals surface area contributed by atoms with Crippen molar-refractivity contribution in [1.29, 1.82) is 0 Å². The molecular formula is C20H22N4S2. The van der Waals surface area contributed by atoms with Crippen LogP contribution in [0.1, 0.15) is 25.7 Å². The summed E-state index contributed by atoms with van der Waals surface area (Å²) < 4.78 is 4.40. The van der Waals surface area contributed by atoms with E-state index in [1.807, 2.05) is 24.3 Å². The number of aromatic nitrogens is 4. The Balaban J connectivity index is 1.29. The van der Waals surface area contributed by atoms with Crippen LogP contribution in [0.4, 0.5) is 0 Å². The summed E-state index contributed by atoms with van der Waals surface area (Å²) in [4.78, 5) is 9.02. The lowest BCUT2D eigenvalue weighted by atomic mass is 10.2. The van der Waals surface area contributed by atoms with Crippen LogP contribution in [0.3, 0.4) is 0 Å². The van der Waals surface area contributed by atoms with Crippen molar-refractivity contribution in [3.63, 3.8) is 0 Å². The molecule has 26 heavy (non-hydrogen) atoms. The number of thiol groups is 2. The Labute approximate surface area is 164 Å². The summed E-state index contributed by atoms with van der Waals surface area (Å²) in [6.45, 7) is 1.93. The predicted octanol–water partition coefficient (Wildman–Crippen LogP) is 5.22. The van der Waals surface area contributed by atoms with Crippen LogP contribution >= 0.6 is 25.3 Å². The van der Waals surface area contributed by atoms with E-state index in [0.29, 0.717) is 0 Å². The molecule has 0 atom stereocenters. The highest BCUT2D eigenvalue weighted by atomic mass is 32.1. The zero-order valence-electron chi connectivity index (χ0n) is 14.5. The summed E-state index contributed by atoms with van der Waals surface area (Å²) in [6.07, 6.45) is 4.64. The topological polar surface area (TPSA) is 35.6 Å². The summed E-state index contributed by atoms with van der Waals surface area (Å²) in [5.74, 6) is 0. The standard InChI is InChI=1S/C20H22N4S2/c25-19-21-15-9-3-5-11-17(15)23(19)13-7-1-2-8-14-24-18-12-6-4-10-16(18)22-20(24)26/h3-6,9-12H,1-2,7-8,13-14H2,(H,21,25)(H,22,26). The number of fused-ring (bicyclic) bond motifs is 2. The smallest absolute Gasteiger partial charge is 0.165 e. The van der Waals surface area contributed by atoms with Gasteiger partial charge in [-0.25, -0.2) is 9.97 Å². The fourth-order valence-electron chi connectivity index (χ4n) is 3.46. The van der Waals surface area contributed by atoms with Crippen molar-refractivity contribution in [3.8, 4) is 0 Å². The second-order valence-corrected chi connectivity index (χ2v) is 7.32. The van der Waals surface area contributed by atoms with Crippen molar-refractivity contribution in [3.05, 3.63) is 48.5 Å². The van der Waals surface area contributed by atoms with Gasteiger partial charge in [-0.15, -0.1) is 25.3 Å². The van der Waals surface area contributed by atoms with Crippen LogP contribution in [0, 0.1) is 0 Å². The van der Waals surface area contributed by atoms with E-state index in [1.54, 1.807) is 0 Å². The van der Waals surface area contributed by atoms with E-state index in [-0.39, 0.29) is 0 Å². The van der Waals surface area contributed by atoms with Crippen molar-refractivity contribution in [1.82, 2.24) is 19.1 Å². The van der Waals surface area contributed by atoms with Crippen LogP contribution in [0.2, 0.25) is 0 Å². The van der Waals surface area contributed by atoms with Gasteiger partial charge in [0.05, 0.1) is 22.1 Å². The van der Waals surface area contributed by atoms with E-state index >= 15 is 0 Å². The molecule has 0 aliphatic carbocycles. The zero-order chi connectivity index (χ0) is 17.9. The highest BCUT2D eigenvalue weighted by Gasteiger charge is 2.08. The fourth-order valence-corrected chi connectivity index (χ4v) is 4.09. The maximum Gasteiger partial charge on any atom is 0.165 e. The highest BCUT2D eigenvalue weighted by Crippen LogP contribution is 2.21. The molecule has 0 amide bonds. The number of hydrogen-bond acceptors (Lipinski definition) is 4.